The van der Waals surface area contributed by atoms with Crippen LogP contribution < -0.4 is 0 Å². The smallest absolute Gasteiger partial charge is 0.158 e. The van der Waals surface area contributed by atoms with Gasteiger partial charge in [-0.1, -0.05) is 72.3 Å². The quantitative estimate of drug-likeness (QED) is 0.721. The lowest BCUT2D eigenvalue weighted by Crippen LogP contribution is -2.08. The van der Waals surface area contributed by atoms with Gasteiger partial charge in [0.1, 0.15) is 0 Å². The van der Waals surface area contributed by atoms with Crippen LogP contribution in [-0.2, 0) is 21.3 Å². The molecular weight excluding hydrogens is 292 g/mol. The molecule has 0 fully saturated rings. The number of hydrogen-bond donors (Lipinski definition) is 0. The van der Waals surface area contributed by atoms with Crippen molar-refractivity contribution in [2.24, 2.45) is 0 Å². The maximum absolute atomic E-state index is 12.5. The van der Waals surface area contributed by atoms with Gasteiger partial charge in [0, 0.05) is 0 Å². The average molecular weight is 310 g/mol. The van der Waals surface area contributed by atoms with E-state index in [0.717, 1.165) is 27.5 Å². The fourth-order valence-electron chi connectivity index (χ4n) is 2.64. The monoisotopic (exact) mass is 310 g/mol. The molecule has 3 aromatic carbocycles. The molecule has 0 saturated carbocycles. The third-order valence-corrected chi connectivity index (χ3v) is 5.29. The molecule has 0 amide bonds. The first kappa shape index (κ1) is 14.8. The van der Waals surface area contributed by atoms with Crippen molar-refractivity contribution in [1.82, 2.24) is 0 Å². The van der Waals surface area contributed by atoms with E-state index in [-0.39, 0.29) is 11.5 Å². The van der Waals surface area contributed by atoms with Gasteiger partial charge in [-0.05, 0) is 28.8 Å². The molecule has 0 aliphatic rings. The van der Waals surface area contributed by atoms with Gasteiger partial charge in [0.15, 0.2) is 9.84 Å². The second-order valence-electron chi connectivity index (χ2n) is 5.66. The number of sulfone groups is 1. The highest BCUT2D eigenvalue weighted by Gasteiger charge is 2.14. The first-order valence-electron chi connectivity index (χ1n) is 7.26. The summed E-state index contributed by atoms with van der Waals surface area (Å²) in [7, 11) is -3.19. The van der Waals surface area contributed by atoms with Gasteiger partial charge in [0.25, 0.3) is 0 Å². The summed E-state index contributed by atoms with van der Waals surface area (Å²) in [6.45, 7) is 1.99. The summed E-state index contributed by atoms with van der Waals surface area (Å²) in [4.78, 5) is 0. The Balaban J connectivity index is 1.88. The van der Waals surface area contributed by atoms with Crippen LogP contribution in [0.25, 0.3) is 10.8 Å². The van der Waals surface area contributed by atoms with Crippen LogP contribution in [0.1, 0.15) is 16.7 Å². The number of fused-ring (bicyclic) bond motifs is 1. The molecular formula is C19H18O2S. The maximum Gasteiger partial charge on any atom is 0.158 e. The fraction of sp³-hybridized carbons (Fsp3) is 0.158. The van der Waals surface area contributed by atoms with Gasteiger partial charge in [-0.25, -0.2) is 8.42 Å². The van der Waals surface area contributed by atoms with Gasteiger partial charge in [-0.15, -0.1) is 0 Å². The fourth-order valence-corrected chi connectivity index (χ4v) is 4.17. The summed E-state index contributed by atoms with van der Waals surface area (Å²) >= 11 is 0. The van der Waals surface area contributed by atoms with E-state index < -0.39 is 9.84 Å². The highest BCUT2D eigenvalue weighted by molar-refractivity contribution is 7.89. The Labute approximate surface area is 131 Å². The Morgan fingerprint density at radius 2 is 1.45 bits per heavy atom. The second-order valence-corrected chi connectivity index (χ2v) is 7.72. The van der Waals surface area contributed by atoms with E-state index in [1.165, 1.54) is 0 Å². The van der Waals surface area contributed by atoms with Crippen molar-refractivity contribution in [3.63, 3.8) is 0 Å². The molecule has 0 atom stereocenters. The molecule has 0 bridgehead atoms. The van der Waals surface area contributed by atoms with Crippen molar-refractivity contribution < 1.29 is 8.42 Å². The first-order chi connectivity index (χ1) is 10.5. The lowest BCUT2D eigenvalue weighted by atomic mass is 10.1. The molecule has 112 valence electrons. The molecule has 0 N–H and O–H groups in total. The van der Waals surface area contributed by atoms with E-state index in [1.54, 1.807) is 0 Å². The van der Waals surface area contributed by atoms with Crippen LogP contribution in [0.4, 0.5) is 0 Å². The third-order valence-electron chi connectivity index (χ3n) is 3.76. The normalized spacial score (nSPS) is 11.7. The SMILES string of the molecule is Cc1ccc(CS(=O)(=O)Cc2cccc3ccccc23)cc1. The molecule has 0 heterocycles. The van der Waals surface area contributed by atoms with Crippen LogP contribution in [0.15, 0.2) is 66.7 Å². The van der Waals surface area contributed by atoms with E-state index in [1.807, 2.05) is 73.7 Å². The van der Waals surface area contributed by atoms with Crippen molar-refractivity contribution in [1.29, 1.82) is 0 Å². The van der Waals surface area contributed by atoms with Gasteiger partial charge in [-0.3, -0.25) is 0 Å². The highest BCUT2D eigenvalue weighted by atomic mass is 32.2. The Hall–Kier alpha value is -2.13. The number of rotatable bonds is 4. The topological polar surface area (TPSA) is 34.1 Å². The summed E-state index contributed by atoms with van der Waals surface area (Å²) in [6.07, 6.45) is 0. The molecule has 0 aromatic heterocycles. The minimum absolute atomic E-state index is 0.0717. The number of aryl methyl sites for hydroxylation is 1. The molecule has 3 rings (SSSR count). The van der Waals surface area contributed by atoms with E-state index in [2.05, 4.69) is 0 Å². The minimum Gasteiger partial charge on any atom is -0.228 e. The van der Waals surface area contributed by atoms with Gasteiger partial charge < -0.3 is 0 Å². The zero-order valence-corrected chi connectivity index (χ0v) is 13.3. The van der Waals surface area contributed by atoms with Crippen molar-refractivity contribution >= 4 is 20.6 Å². The molecule has 0 radical (unpaired) electrons. The van der Waals surface area contributed by atoms with E-state index in [9.17, 15) is 8.42 Å². The van der Waals surface area contributed by atoms with Crippen LogP contribution in [0.5, 0.6) is 0 Å². The summed E-state index contributed by atoms with van der Waals surface area (Å²) in [6, 6.07) is 21.4. The van der Waals surface area contributed by atoms with Gasteiger partial charge in [-0.2, -0.15) is 0 Å². The summed E-state index contributed by atoms with van der Waals surface area (Å²) in [5.41, 5.74) is 2.84. The van der Waals surface area contributed by atoms with Crippen molar-refractivity contribution in [2.45, 2.75) is 18.4 Å². The van der Waals surface area contributed by atoms with Crippen LogP contribution >= 0.6 is 0 Å². The van der Waals surface area contributed by atoms with E-state index in [4.69, 9.17) is 0 Å². The van der Waals surface area contributed by atoms with Crippen molar-refractivity contribution in [3.8, 4) is 0 Å². The number of benzene rings is 3. The molecule has 3 heteroatoms. The van der Waals surface area contributed by atoms with Crippen molar-refractivity contribution in [3.05, 3.63) is 83.4 Å². The minimum atomic E-state index is -3.19. The highest BCUT2D eigenvalue weighted by Crippen LogP contribution is 2.22. The van der Waals surface area contributed by atoms with E-state index >= 15 is 0 Å². The molecule has 0 saturated heterocycles. The third kappa shape index (κ3) is 3.37. The van der Waals surface area contributed by atoms with Crippen LogP contribution in [-0.4, -0.2) is 8.42 Å². The van der Waals surface area contributed by atoms with Crippen LogP contribution in [0, 0.1) is 6.92 Å². The molecule has 0 aliphatic heterocycles. The van der Waals surface area contributed by atoms with E-state index in [0.29, 0.717) is 0 Å². The predicted molar refractivity (Wildman–Crippen MR) is 91.5 cm³/mol. The predicted octanol–water partition coefficient (Wildman–Crippen LogP) is 4.26. The zero-order valence-electron chi connectivity index (χ0n) is 12.5. The number of hydrogen-bond acceptors (Lipinski definition) is 2. The van der Waals surface area contributed by atoms with Gasteiger partial charge >= 0.3 is 0 Å². The van der Waals surface area contributed by atoms with Crippen LogP contribution in [0.3, 0.4) is 0 Å². The molecule has 3 aromatic rings. The molecule has 0 unspecified atom stereocenters. The summed E-state index contributed by atoms with van der Waals surface area (Å²) in [5.74, 6) is 0.152. The van der Waals surface area contributed by atoms with Crippen molar-refractivity contribution in [2.75, 3.05) is 0 Å². The molecule has 22 heavy (non-hydrogen) atoms. The first-order valence-corrected chi connectivity index (χ1v) is 9.08. The Bertz CT molecular complexity index is 889. The zero-order chi connectivity index (χ0) is 15.6. The molecule has 2 nitrogen and oxygen atoms in total. The Morgan fingerprint density at radius 1 is 0.773 bits per heavy atom. The lowest BCUT2D eigenvalue weighted by Gasteiger charge is -2.08. The standard InChI is InChI=1S/C19H18O2S/c1-15-9-11-16(12-10-15)13-22(20,21)14-18-7-4-6-17-5-2-3-8-19(17)18/h2-12H,13-14H2,1H3. The summed E-state index contributed by atoms with van der Waals surface area (Å²) in [5, 5.41) is 2.09. The van der Waals surface area contributed by atoms with Gasteiger partial charge in [0.05, 0.1) is 11.5 Å². The van der Waals surface area contributed by atoms with Gasteiger partial charge in [0.2, 0.25) is 0 Å². The summed E-state index contributed by atoms with van der Waals surface area (Å²) < 4.78 is 25.0. The molecule has 0 aliphatic carbocycles. The largest absolute Gasteiger partial charge is 0.228 e. The lowest BCUT2D eigenvalue weighted by molar-refractivity contribution is 0.594. The Kier molecular flexibility index (Phi) is 3.99. The second kappa shape index (κ2) is 5.93. The van der Waals surface area contributed by atoms with Crippen LogP contribution in [0.2, 0.25) is 0 Å². The maximum atomic E-state index is 12.5. The average Bonchev–Trinajstić information content (AvgIpc) is 2.49. The Morgan fingerprint density at radius 3 is 2.23 bits per heavy atom. The molecule has 0 spiro atoms.